The van der Waals surface area contributed by atoms with Crippen LogP contribution in [0.25, 0.3) is 0 Å². The van der Waals surface area contributed by atoms with Crippen molar-refractivity contribution in [3.05, 3.63) is 32.6 Å². The van der Waals surface area contributed by atoms with Crippen LogP contribution in [-0.2, 0) is 20.4 Å². The highest BCUT2D eigenvalue weighted by Gasteiger charge is 2.40. The molecule has 0 bridgehead atoms. The van der Waals surface area contributed by atoms with E-state index >= 15 is 0 Å². The Bertz CT molecular complexity index is 956. The number of nitrogens with one attached hydrogen (secondary N) is 1. The Hall–Kier alpha value is -1.85. The highest BCUT2D eigenvalue weighted by molar-refractivity contribution is 8.22. The summed E-state index contributed by atoms with van der Waals surface area (Å²) >= 11 is 6.59. The maximum absolute atomic E-state index is 13.1. The minimum atomic E-state index is -4.93. The van der Waals surface area contributed by atoms with E-state index in [1.54, 1.807) is 4.98 Å². The van der Waals surface area contributed by atoms with Gasteiger partial charge in [0.2, 0.25) is 4.38 Å². The first-order valence-corrected chi connectivity index (χ1v) is 11.6. The van der Waals surface area contributed by atoms with Crippen molar-refractivity contribution < 1.29 is 27.4 Å². The standard InChI is InChI=1S/C20H26F3N3O5S2/c1-4-8-29-14-10-16(26-11-13(20(21,22)23)17(27)24-18(26)28)31-15(14)12-30-19(32)33-9-7-25(5-2)6-3/h1,11,14-16H,5-10,12H2,2-3H3,(H,24,27,28)/t14-,15+,16+/m0/s1. The van der Waals surface area contributed by atoms with Crippen molar-refractivity contribution in [2.45, 2.75) is 44.9 Å². The number of alkyl halides is 3. The summed E-state index contributed by atoms with van der Waals surface area (Å²) in [6.45, 7) is 6.74. The molecule has 2 heterocycles. The second kappa shape index (κ2) is 12.6. The first-order chi connectivity index (χ1) is 15.6. The monoisotopic (exact) mass is 509 g/mol. The number of hydrogen-bond acceptors (Lipinski definition) is 8. The van der Waals surface area contributed by atoms with Crippen LogP contribution in [0.3, 0.4) is 0 Å². The van der Waals surface area contributed by atoms with Gasteiger partial charge in [-0.15, -0.1) is 6.42 Å². The molecule has 1 aliphatic rings. The molecular formula is C20H26F3N3O5S2. The van der Waals surface area contributed by atoms with Crippen LogP contribution < -0.4 is 11.2 Å². The van der Waals surface area contributed by atoms with Crippen LogP contribution in [0, 0.1) is 12.3 Å². The molecular weight excluding hydrogens is 483 g/mol. The fourth-order valence-corrected chi connectivity index (χ4v) is 4.23. The van der Waals surface area contributed by atoms with E-state index in [-0.39, 0.29) is 19.6 Å². The summed E-state index contributed by atoms with van der Waals surface area (Å²) in [6.07, 6.45) is -1.73. The van der Waals surface area contributed by atoms with Gasteiger partial charge in [-0.25, -0.2) is 4.79 Å². The van der Waals surface area contributed by atoms with E-state index in [1.807, 2.05) is 0 Å². The average molecular weight is 510 g/mol. The number of thioether (sulfide) groups is 1. The number of nitrogens with zero attached hydrogens (tertiary/aromatic N) is 2. The van der Waals surface area contributed by atoms with Crippen LogP contribution >= 0.6 is 24.0 Å². The van der Waals surface area contributed by atoms with Crippen molar-refractivity contribution in [2.75, 3.05) is 38.6 Å². The summed E-state index contributed by atoms with van der Waals surface area (Å²) in [5.41, 5.74) is -4.05. The van der Waals surface area contributed by atoms with Crippen LogP contribution in [0.1, 0.15) is 32.1 Å². The predicted octanol–water partition coefficient (Wildman–Crippen LogP) is 2.24. The number of aromatic nitrogens is 2. The third-order valence-electron chi connectivity index (χ3n) is 5.03. The third kappa shape index (κ3) is 7.86. The molecule has 2 rings (SSSR count). The smallest absolute Gasteiger partial charge is 0.423 e. The lowest BCUT2D eigenvalue weighted by Gasteiger charge is -2.20. The number of hydrogen-bond donors (Lipinski definition) is 1. The summed E-state index contributed by atoms with van der Waals surface area (Å²) in [5.74, 6) is 3.05. The number of thiocarbonyl (C=S) groups is 1. The first-order valence-electron chi connectivity index (χ1n) is 10.3. The molecule has 0 spiro atoms. The lowest BCUT2D eigenvalue weighted by Crippen LogP contribution is -2.36. The van der Waals surface area contributed by atoms with Crippen molar-refractivity contribution in [3.63, 3.8) is 0 Å². The van der Waals surface area contributed by atoms with Gasteiger partial charge in [0.25, 0.3) is 5.56 Å². The Morgan fingerprint density at radius 1 is 1.42 bits per heavy atom. The molecule has 0 radical (unpaired) electrons. The molecule has 1 saturated heterocycles. The Morgan fingerprint density at radius 2 is 2.12 bits per heavy atom. The van der Waals surface area contributed by atoms with Gasteiger partial charge in [0.15, 0.2) is 0 Å². The van der Waals surface area contributed by atoms with Crippen LogP contribution in [0.4, 0.5) is 13.2 Å². The van der Waals surface area contributed by atoms with Crippen LogP contribution in [0.2, 0.25) is 0 Å². The number of halogens is 3. The Balaban J connectivity index is 2.06. The van der Waals surface area contributed by atoms with Crippen LogP contribution in [-0.4, -0.2) is 69.6 Å². The molecule has 0 saturated carbocycles. The molecule has 0 aromatic carbocycles. The van der Waals surface area contributed by atoms with Crippen molar-refractivity contribution in [1.29, 1.82) is 0 Å². The maximum Gasteiger partial charge on any atom is 0.423 e. The SMILES string of the molecule is C#CCO[C@H]1C[C@H](n2cc(C(F)(F)F)c(=O)[nH]c2=O)O[C@@H]1COC(=S)SCCN(CC)CC. The number of terminal acetylenes is 1. The highest BCUT2D eigenvalue weighted by Crippen LogP contribution is 2.32. The molecule has 184 valence electrons. The third-order valence-corrected chi connectivity index (χ3v) is 6.24. The van der Waals surface area contributed by atoms with Gasteiger partial charge in [0.1, 0.15) is 31.1 Å². The van der Waals surface area contributed by atoms with E-state index in [9.17, 15) is 22.8 Å². The zero-order valence-corrected chi connectivity index (χ0v) is 19.9. The molecule has 1 fully saturated rings. The van der Waals surface area contributed by atoms with Gasteiger partial charge >= 0.3 is 11.9 Å². The van der Waals surface area contributed by atoms with Gasteiger partial charge in [-0.3, -0.25) is 14.3 Å². The minimum absolute atomic E-state index is 0.0286. The predicted molar refractivity (Wildman–Crippen MR) is 122 cm³/mol. The number of rotatable bonds is 10. The van der Waals surface area contributed by atoms with Gasteiger partial charge in [-0.1, -0.05) is 31.5 Å². The molecule has 0 aliphatic carbocycles. The van der Waals surface area contributed by atoms with Crippen molar-refractivity contribution in [3.8, 4) is 12.3 Å². The van der Waals surface area contributed by atoms with Gasteiger partial charge in [-0.05, 0) is 25.3 Å². The Kier molecular flexibility index (Phi) is 10.4. The van der Waals surface area contributed by atoms with Crippen molar-refractivity contribution in [2.24, 2.45) is 0 Å². The fraction of sp³-hybridized carbons (Fsp3) is 0.650. The molecule has 33 heavy (non-hydrogen) atoms. The molecule has 8 nitrogen and oxygen atoms in total. The fourth-order valence-electron chi connectivity index (χ4n) is 3.24. The summed E-state index contributed by atoms with van der Waals surface area (Å²) in [5, 5.41) is 0. The van der Waals surface area contributed by atoms with E-state index < -0.39 is 41.4 Å². The second-order valence-corrected chi connectivity index (χ2v) is 8.76. The lowest BCUT2D eigenvalue weighted by molar-refractivity contribution is -0.139. The van der Waals surface area contributed by atoms with Crippen molar-refractivity contribution in [1.82, 2.24) is 14.5 Å². The zero-order chi connectivity index (χ0) is 24.6. The molecule has 3 atom stereocenters. The van der Waals surface area contributed by atoms with E-state index in [4.69, 9.17) is 32.9 Å². The highest BCUT2D eigenvalue weighted by atomic mass is 32.2. The maximum atomic E-state index is 13.1. The Morgan fingerprint density at radius 3 is 2.73 bits per heavy atom. The number of H-pyrrole nitrogens is 1. The van der Waals surface area contributed by atoms with Gasteiger partial charge < -0.3 is 19.1 Å². The minimum Gasteiger partial charge on any atom is -0.476 e. The van der Waals surface area contributed by atoms with Crippen LogP contribution in [0.5, 0.6) is 0 Å². The van der Waals surface area contributed by atoms with Crippen molar-refractivity contribution >= 4 is 28.4 Å². The van der Waals surface area contributed by atoms with Crippen LogP contribution in [0.15, 0.2) is 15.8 Å². The quantitative estimate of drug-likeness (QED) is 0.380. The summed E-state index contributed by atoms with van der Waals surface area (Å²) in [6, 6.07) is 0. The molecule has 1 N–H and O–H groups in total. The van der Waals surface area contributed by atoms with Gasteiger partial charge in [0.05, 0.1) is 6.10 Å². The van der Waals surface area contributed by atoms with E-state index in [2.05, 4.69) is 24.7 Å². The Labute approximate surface area is 198 Å². The largest absolute Gasteiger partial charge is 0.476 e. The zero-order valence-electron chi connectivity index (χ0n) is 18.2. The molecule has 1 aromatic heterocycles. The summed E-state index contributed by atoms with van der Waals surface area (Å²) in [4.78, 5) is 27.6. The lowest BCUT2D eigenvalue weighted by atomic mass is 10.2. The van der Waals surface area contributed by atoms with E-state index in [0.717, 1.165) is 25.4 Å². The number of aromatic amines is 1. The normalized spacial score (nSPS) is 20.7. The van der Waals surface area contributed by atoms with Gasteiger partial charge in [-0.2, -0.15) is 13.2 Å². The first kappa shape index (κ1) is 27.4. The second-order valence-electron chi connectivity index (χ2n) is 7.06. The molecule has 0 amide bonds. The molecule has 13 heteroatoms. The topological polar surface area (TPSA) is 85.8 Å². The summed E-state index contributed by atoms with van der Waals surface area (Å²) in [7, 11) is 0. The van der Waals surface area contributed by atoms with Gasteiger partial charge in [0, 0.05) is 24.9 Å². The molecule has 1 aromatic rings. The molecule has 1 aliphatic heterocycles. The van der Waals surface area contributed by atoms with E-state index in [0.29, 0.717) is 15.1 Å². The van der Waals surface area contributed by atoms with E-state index in [1.165, 1.54) is 11.8 Å². The number of ether oxygens (including phenoxy) is 3. The average Bonchev–Trinajstić information content (AvgIpc) is 3.15. The molecule has 0 unspecified atom stereocenters. The summed E-state index contributed by atoms with van der Waals surface area (Å²) < 4.78 is 57.2.